The second kappa shape index (κ2) is 10.7. The molecule has 0 saturated carbocycles. The molecule has 1 atom stereocenters. The summed E-state index contributed by atoms with van der Waals surface area (Å²) in [5, 5.41) is 24.2. The van der Waals surface area contributed by atoms with Gasteiger partial charge >= 0.3 is 0 Å². The summed E-state index contributed by atoms with van der Waals surface area (Å²) in [7, 11) is 0. The summed E-state index contributed by atoms with van der Waals surface area (Å²) in [5.74, 6) is -1.44. The van der Waals surface area contributed by atoms with Crippen LogP contribution in [-0.4, -0.2) is 32.9 Å². The van der Waals surface area contributed by atoms with Crippen molar-refractivity contribution in [2.75, 3.05) is 0 Å². The molecule has 0 bridgehead atoms. The lowest BCUT2D eigenvalue weighted by Gasteiger charge is -2.17. The number of nitrogens with one attached hydrogen (secondary N) is 3. The van der Waals surface area contributed by atoms with Gasteiger partial charge in [-0.15, -0.1) is 0 Å². The van der Waals surface area contributed by atoms with Crippen LogP contribution in [0, 0.1) is 20.2 Å². The van der Waals surface area contributed by atoms with Gasteiger partial charge in [-0.1, -0.05) is 23.2 Å². The second-order valence-corrected chi connectivity index (χ2v) is 7.24. The molecule has 2 amide bonds. The predicted molar refractivity (Wildman–Crippen MR) is 118 cm³/mol. The summed E-state index contributed by atoms with van der Waals surface area (Å²) < 4.78 is 5.41. The smallest absolute Gasteiger partial charge is 0.279 e. The van der Waals surface area contributed by atoms with E-state index in [2.05, 4.69) is 16.2 Å². The number of non-ortho nitro benzene ring substituents is 2. The number of amides is 2. The highest BCUT2D eigenvalue weighted by Crippen LogP contribution is 2.28. The van der Waals surface area contributed by atoms with E-state index in [4.69, 9.17) is 40.2 Å². The van der Waals surface area contributed by atoms with Crippen LogP contribution in [0.3, 0.4) is 0 Å². The van der Waals surface area contributed by atoms with Crippen LogP contribution in [0.2, 0.25) is 10.0 Å². The molecule has 2 aromatic rings. The Morgan fingerprint density at radius 3 is 2.16 bits per heavy atom. The highest BCUT2D eigenvalue weighted by atomic mass is 35.5. The molecule has 0 aliphatic carbocycles. The van der Waals surface area contributed by atoms with E-state index in [1.54, 1.807) is 0 Å². The van der Waals surface area contributed by atoms with Crippen molar-refractivity contribution in [2.24, 2.45) is 0 Å². The molecule has 1 unspecified atom stereocenters. The fourth-order valence-corrected chi connectivity index (χ4v) is 2.78. The first kappa shape index (κ1) is 24.7. The quantitative estimate of drug-likeness (QED) is 0.306. The molecule has 32 heavy (non-hydrogen) atoms. The third-order valence-electron chi connectivity index (χ3n) is 3.68. The highest BCUT2D eigenvalue weighted by Gasteiger charge is 2.21. The monoisotopic (exact) mass is 501 g/mol. The number of hydrogen-bond acceptors (Lipinski definition) is 8. The number of thiocarbonyl (C=S) groups is 1. The van der Waals surface area contributed by atoms with Gasteiger partial charge in [-0.25, -0.2) is 0 Å². The van der Waals surface area contributed by atoms with Crippen LogP contribution in [0.5, 0.6) is 5.75 Å². The van der Waals surface area contributed by atoms with Gasteiger partial charge in [-0.05, 0) is 37.3 Å². The molecule has 15 heteroatoms. The van der Waals surface area contributed by atoms with Crippen molar-refractivity contribution in [3.8, 4) is 5.75 Å². The van der Waals surface area contributed by atoms with Crippen LogP contribution in [0.25, 0.3) is 0 Å². The molecule has 2 aromatic carbocycles. The SMILES string of the molecule is CC(Oc1ccc(Cl)cc1Cl)C(=O)NNC(=S)NC(=O)c1cc([N+](=O)[O-])cc([N+](=O)[O-])c1. The standard InChI is InChI=1S/C17H13Cl2N5O7S/c1-8(31-14-3-2-10(18)6-13(14)19)15(25)21-22-17(32)20-16(26)9-4-11(23(27)28)7-12(5-9)24(29)30/h2-8H,1H3,(H,21,25)(H2,20,22,26,32). The second-order valence-electron chi connectivity index (χ2n) is 5.98. The van der Waals surface area contributed by atoms with E-state index in [0.29, 0.717) is 11.1 Å². The predicted octanol–water partition coefficient (Wildman–Crippen LogP) is 2.91. The normalized spacial score (nSPS) is 11.1. The van der Waals surface area contributed by atoms with Crippen molar-refractivity contribution in [2.45, 2.75) is 13.0 Å². The Kier molecular flexibility index (Phi) is 8.23. The summed E-state index contributed by atoms with van der Waals surface area (Å²) in [4.78, 5) is 44.5. The van der Waals surface area contributed by atoms with Crippen LogP contribution >= 0.6 is 35.4 Å². The summed E-state index contributed by atoms with van der Waals surface area (Å²) in [6.45, 7) is 1.42. The number of halogens is 2. The van der Waals surface area contributed by atoms with E-state index in [0.717, 1.165) is 12.1 Å². The van der Waals surface area contributed by atoms with Gasteiger partial charge in [0.25, 0.3) is 23.2 Å². The number of hydrazine groups is 1. The number of hydrogen-bond donors (Lipinski definition) is 3. The molecule has 0 saturated heterocycles. The average Bonchev–Trinajstić information content (AvgIpc) is 2.73. The topological polar surface area (TPSA) is 166 Å². The van der Waals surface area contributed by atoms with E-state index < -0.39 is 39.1 Å². The minimum absolute atomic E-state index is 0.193. The zero-order valence-electron chi connectivity index (χ0n) is 16.0. The summed E-state index contributed by atoms with van der Waals surface area (Å²) in [6, 6.07) is 6.83. The van der Waals surface area contributed by atoms with Crippen LogP contribution in [-0.2, 0) is 4.79 Å². The van der Waals surface area contributed by atoms with E-state index in [9.17, 15) is 29.8 Å². The van der Waals surface area contributed by atoms with Gasteiger partial charge in [0.15, 0.2) is 11.2 Å². The summed E-state index contributed by atoms with van der Waals surface area (Å²) in [6.07, 6.45) is -1.03. The number of nitro benzene ring substituents is 2. The summed E-state index contributed by atoms with van der Waals surface area (Å²) >= 11 is 16.6. The lowest BCUT2D eigenvalue weighted by Crippen LogP contribution is -2.51. The fraction of sp³-hybridized carbons (Fsp3) is 0.118. The third-order valence-corrected chi connectivity index (χ3v) is 4.41. The van der Waals surface area contributed by atoms with Crippen LogP contribution in [0.15, 0.2) is 36.4 Å². The molecule has 168 valence electrons. The average molecular weight is 502 g/mol. The van der Waals surface area contributed by atoms with Gasteiger partial charge in [0, 0.05) is 17.2 Å². The molecular formula is C17H13Cl2N5O7S. The molecular weight excluding hydrogens is 489 g/mol. The number of nitrogens with zero attached hydrogens (tertiary/aromatic N) is 2. The van der Waals surface area contributed by atoms with Crippen molar-refractivity contribution in [1.29, 1.82) is 0 Å². The molecule has 0 radical (unpaired) electrons. The molecule has 2 rings (SSSR count). The Labute approximate surface area is 195 Å². The number of carbonyl (C=O) groups is 2. The third kappa shape index (κ3) is 6.73. The van der Waals surface area contributed by atoms with Crippen molar-refractivity contribution in [1.82, 2.24) is 16.2 Å². The lowest BCUT2D eigenvalue weighted by atomic mass is 10.1. The lowest BCUT2D eigenvalue weighted by molar-refractivity contribution is -0.394. The largest absolute Gasteiger partial charge is 0.479 e. The van der Waals surface area contributed by atoms with E-state index >= 15 is 0 Å². The van der Waals surface area contributed by atoms with Crippen LogP contribution in [0.4, 0.5) is 11.4 Å². The minimum atomic E-state index is -1.03. The Bertz CT molecular complexity index is 1080. The number of ether oxygens (including phenoxy) is 1. The van der Waals surface area contributed by atoms with E-state index in [1.165, 1.54) is 25.1 Å². The number of benzene rings is 2. The zero-order chi connectivity index (χ0) is 24.0. The fourth-order valence-electron chi connectivity index (χ4n) is 2.18. The molecule has 12 nitrogen and oxygen atoms in total. The van der Waals surface area contributed by atoms with Gasteiger partial charge in [0.2, 0.25) is 0 Å². The van der Waals surface area contributed by atoms with Gasteiger partial charge in [-0.3, -0.25) is 46.0 Å². The molecule has 0 aliphatic rings. The maximum atomic E-state index is 12.2. The molecule has 0 fully saturated rings. The Morgan fingerprint density at radius 2 is 1.62 bits per heavy atom. The van der Waals surface area contributed by atoms with Gasteiger partial charge in [-0.2, -0.15) is 0 Å². The Balaban J connectivity index is 1.96. The van der Waals surface area contributed by atoms with Crippen molar-refractivity contribution in [3.05, 3.63) is 72.2 Å². The van der Waals surface area contributed by atoms with Crippen LogP contribution < -0.4 is 20.9 Å². The minimum Gasteiger partial charge on any atom is -0.479 e. The Hall–Kier alpha value is -3.55. The molecule has 0 aliphatic heterocycles. The molecule has 0 aromatic heterocycles. The Morgan fingerprint density at radius 1 is 1.03 bits per heavy atom. The first-order valence-corrected chi connectivity index (χ1v) is 9.61. The maximum Gasteiger partial charge on any atom is 0.279 e. The molecule has 3 N–H and O–H groups in total. The van der Waals surface area contributed by atoms with Gasteiger partial charge < -0.3 is 4.74 Å². The molecule has 0 spiro atoms. The van der Waals surface area contributed by atoms with Crippen molar-refractivity contribution >= 4 is 63.7 Å². The number of nitro groups is 2. The highest BCUT2D eigenvalue weighted by molar-refractivity contribution is 7.80. The van der Waals surface area contributed by atoms with Gasteiger partial charge in [0.05, 0.1) is 26.5 Å². The molecule has 0 heterocycles. The summed E-state index contributed by atoms with van der Waals surface area (Å²) in [5.41, 5.74) is 2.76. The number of carbonyl (C=O) groups excluding carboxylic acids is 2. The number of rotatable bonds is 6. The van der Waals surface area contributed by atoms with Crippen molar-refractivity contribution in [3.63, 3.8) is 0 Å². The van der Waals surface area contributed by atoms with Crippen LogP contribution in [0.1, 0.15) is 17.3 Å². The van der Waals surface area contributed by atoms with Crippen molar-refractivity contribution < 1.29 is 24.2 Å². The zero-order valence-corrected chi connectivity index (χ0v) is 18.3. The van der Waals surface area contributed by atoms with E-state index in [-0.39, 0.29) is 21.4 Å². The van der Waals surface area contributed by atoms with Gasteiger partial charge in [0.1, 0.15) is 5.75 Å². The van der Waals surface area contributed by atoms with E-state index in [1.807, 2.05) is 0 Å². The maximum absolute atomic E-state index is 12.2. The first-order chi connectivity index (χ1) is 15.0. The first-order valence-electron chi connectivity index (χ1n) is 8.44.